The molecular formula is C49H30N8. The molecule has 0 saturated heterocycles. The molecule has 12 rings (SSSR count). The molecule has 0 N–H and O–H groups in total. The van der Waals surface area contributed by atoms with Gasteiger partial charge in [-0.1, -0.05) is 109 Å². The fourth-order valence-corrected chi connectivity index (χ4v) is 6.80. The molecule has 57 heavy (non-hydrogen) atoms. The summed E-state index contributed by atoms with van der Waals surface area (Å²) in [5, 5.41) is -3.46. The Bertz CT molecular complexity index is 5200. The number of hydrogen-bond donors (Lipinski definition) is 0. The zero-order valence-electron chi connectivity index (χ0n) is 58.1. The highest BCUT2D eigenvalue weighted by molar-refractivity contribution is 6.11. The molecule has 0 saturated carbocycles. The van der Waals surface area contributed by atoms with Gasteiger partial charge in [0.1, 0.15) is 11.3 Å². The van der Waals surface area contributed by atoms with Crippen molar-refractivity contribution in [3.8, 4) is 40.1 Å². The van der Waals surface area contributed by atoms with Crippen LogP contribution in [0.3, 0.4) is 0 Å². The predicted octanol–water partition coefficient (Wildman–Crippen LogP) is 11.3. The summed E-state index contributed by atoms with van der Waals surface area (Å²) in [5.74, 6) is -3.07. The number of pyridine rings is 2. The Labute approximate surface area is 367 Å². The van der Waals surface area contributed by atoms with Crippen molar-refractivity contribution >= 4 is 65.7 Å². The van der Waals surface area contributed by atoms with E-state index in [1.54, 1.807) is 0 Å². The summed E-state index contributed by atoms with van der Waals surface area (Å²) in [6, 6.07) is -26.8. The smallest absolute Gasteiger partial charge is 0.238 e. The molecule has 6 aromatic heterocycles. The zero-order chi connectivity index (χ0) is 63.6. The molecule has 266 valence electrons. The van der Waals surface area contributed by atoms with Gasteiger partial charge in [-0.25, -0.2) is 15.0 Å². The van der Waals surface area contributed by atoms with Crippen molar-refractivity contribution in [1.29, 1.82) is 0 Å². The maximum atomic E-state index is 10.0. The van der Waals surface area contributed by atoms with Crippen LogP contribution in [0, 0.1) is 0 Å². The fourth-order valence-electron chi connectivity index (χ4n) is 6.80. The third kappa shape index (κ3) is 4.64. The van der Waals surface area contributed by atoms with Crippen molar-refractivity contribution < 1.29 is 41.1 Å². The first-order chi connectivity index (χ1) is 40.7. The first-order valence-corrected chi connectivity index (χ1v) is 16.5. The molecule has 8 nitrogen and oxygen atoms in total. The summed E-state index contributed by atoms with van der Waals surface area (Å²) in [5.41, 5.74) is -8.06. The van der Waals surface area contributed by atoms with Gasteiger partial charge in [0.2, 0.25) is 5.95 Å². The van der Waals surface area contributed by atoms with Crippen LogP contribution in [0.1, 0.15) is 41.1 Å². The molecule has 8 heteroatoms. The van der Waals surface area contributed by atoms with Crippen molar-refractivity contribution in [2.45, 2.75) is 0 Å². The van der Waals surface area contributed by atoms with E-state index in [0.29, 0.717) is 4.57 Å². The minimum absolute atomic E-state index is 0.552. The van der Waals surface area contributed by atoms with Gasteiger partial charge in [-0.05, 0) is 60.4 Å². The lowest BCUT2D eigenvalue weighted by molar-refractivity contribution is 0.950. The number of rotatable bonds is 5. The number of fused-ring (bicyclic) bond motifs is 9. The second kappa shape index (κ2) is 12.3. The molecule has 6 aromatic carbocycles. The van der Waals surface area contributed by atoms with Crippen molar-refractivity contribution in [2.75, 3.05) is 0 Å². The molecule has 0 unspecified atom stereocenters. The fraction of sp³-hybridized carbons (Fsp3) is 0. The molecule has 12 aromatic rings. The van der Waals surface area contributed by atoms with E-state index in [1.165, 1.54) is 0 Å². The van der Waals surface area contributed by atoms with Gasteiger partial charge in [0.05, 0.1) is 74.6 Å². The van der Waals surface area contributed by atoms with Crippen LogP contribution < -0.4 is 0 Å². The van der Waals surface area contributed by atoms with E-state index in [1.807, 2.05) is 0 Å². The van der Waals surface area contributed by atoms with Crippen molar-refractivity contribution in [2.24, 2.45) is 0 Å². The molecule has 0 aliphatic carbocycles. The monoisotopic (exact) mass is 760 g/mol. The number of hydrogen-bond acceptors (Lipinski definition) is 5. The molecule has 0 atom stereocenters. The number of benzene rings is 6. The molecule has 0 bridgehead atoms. The molecule has 0 spiro atoms. The average Bonchev–Trinajstić information content (AvgIpc) is 1.58. The van der Waals surface area contributed by atoms with Crippen LogP contribution in [-0.2, 0) is 0 Å². The van der Waals surface area contributed by atoms with E-state index in [0.717, 1.165) is 9.13 Å². The van der Waals surface area contributed by atoms with Gasteiger partial charge in [0, 0.05) is 55.8 Å². The van der Waals surface area contributed by atoms with E-state index in [-0.39, 0.29) is 0 Å². The van der Waals surface area contributed by atoms with E-state index >= 15 is 0 Å². The molecule has 0 fully saturated rings. The van der Waals surface area contributed by atoms with E-state index in [4.69, 9.17) is 26.0 Å². The number of para-hydroxylation sites is 5. The lowest BCUT2D eigenvalue weighted by atomic mass is 10.1. The summed E-state index contributed by atoms with van der Waals surface area (Å²) in [7, 11) is 0. The first-order valence-electron chi connectivity index (χ1n) is 31.5. The van der Waals surface area contributed by atoms with E-state index in [9.17, 15) is 15.1 Å². The summed E-state index contributed by atoms with van der Waals surface area (Å²) in [4.78, 5) is 22.2. The molecule has 0 aliphatic rings. The zero-order valence-corrected chi connectivity index (χ0v) is 28.1. The highest BCUT2D eigenvalue weighted by Crippen LogP contribution is 2.41. The quantitative estimate of drug-likeness (QED) is 0.174. The Balaban J connectivity index is 1.44. The summed E-state index contributed by atoms with van der Waals surface area (Å²) < 4.78 is 274. The largest absolute Gasteiger partial charge is 0.292 e. The Morgan fingerprint density at radius 1 is 0.368 bits per heavy atom. The normalized spacial score (nSPS) is 19.2. The van der Waals surface area contributed by atoms with Gasteiger partial charge in [-0.3, -0.25) is 13.7 Å². The lowest BCUT2D eigenvalue weighted by Gasteiger charge is -2.20. The van der Waals surface area contributed by atoms with Gasteiger partial charge in [-0.15, -0.1) is 0 Å². The maximum absolute atomic E-state index is 10.0. The van der Waals surface area contributed by atoms with Crippen LogP contribution in [0.5, 0.6) is 0 Å². The van der Waals surface area contributed by atoms with Gasteiger partial charge in [0.25, 0.3) is 0 Å². The Morgan fingerprint density at radius 3 is 1.46 bits per heavy atom. The van der Waals surface area contributed by atoms with Crippen LogP contribution in [-0.4, -0.2) is 38.6 Å². The Kier molecular flexibility index (Phi) is 3.01. The van der Waals surface area contributed by atoms with Gasteiger partial charge < -0.3 is 0 Å². The molecule has 0 aliphatic heterocycles. The second-order valence-electron chi connectivity index (χ2n) is 12.0. The minimum atomic E-state index is -1.19. The number of aromatic nitrogens is 8. The van der Waals surface area contributed by atoms with Gasteiger partial charge in [0.15, 0.2) is 11.6 Å². The predicted molar refractivity (Wildman–Crippen MR) is 229 cm³/mol. The third-order valence-corrected chi connectivity index (χ3v) is 9.04. The Hall–Kier alpha value is -7.97. The highest BCUT2D eigenvalue weighted by Gasteiger charge is 2.26. The Morgan fingerprint density at radius 2 is 0.842 bits per heavy atom. The van der Waals surface area contributed by atoms with Gasteiger partial charge >= 0.3 is 0 Å². The first kappa shape index (κ1) is 14.0. The van der Waals surface area contributed by atoms with Crippen LogP contribution in [0.4, 0.5) is 0 Å². The molecule has 0 radical (unpaired) electrons. The van der Waals surface area contributed by atoms with Crippen LogP contribution >= 0.6 is 0 Å². The lowest BCUT2D eigenvalue weighted by Crippen LogP contribution is -2.10. The van der Waals surface area contributed by atoms with Crippen molar-refractivity contribution in [1.82, 2.24) is 38.6 Å². The summed E-state index contributed by atoms with van der Waals surface area (Å²) in [6.45, 7) is 0. The van der Waals surface area contributed by atoms with E-state index < -0.39 is 287 Å². The SMILES string of the molecule is [2H]c1nc2c(c([2H])c1[2H])c1c([2H])c([2H])c([2H])c([2H])c1n2-c1c([2H])c([2H])c([2H])c(-c2nc(-c3c([2H])c([2H])c([2H])c([2H])c3[2H])nc(-n3c4c([2H])c([2H])c([2H])c([2H])c4c4c([2H])c([2H])c([2H])c([2H])c43)n2)c1-n1c2nc([2H])c([2H])c([2H])c2c2c([2H])c([2H])c([2H])c([2H])c21. The van der Waals surface area contributed by atoms with Gasteiger partial charge in [-0.2, -0.15) is 9.97 Å². The topological polar surface area (TPSA) is 79.2 Å². The second-order valence-corrected chi connectivity index (χ2v) is 12.0. The third-order valence-electron chi connectivity index (χ3n) is 9.04. The van der Waals surface area contributed by atoms with Crippen molar-refractivity contribution in [3.05, 3.63) is 182 Å². The van der Waals surface area contributed by atoms with E-state index in [2.05, 4.69) is 24.9 Å². The average molecular weight is 761 g/mol. The number of nitrogens with zero attached hydrogens (tertiary/aromatic N) is 8. The van der Waals surface area contributed by atoms with Crippen LogP contribution in [0.2, 0.25) is 0 Å². The molecule has 6 heterocycles. The molecular weight excluding hydrogens is 701 g/mol. The standard InChI is InChI=1S/C49H30N8/c1-2-15-31(16-3-1)45-52-46(54-49(53-45)56-40-25-9-4-17-32(40)33-18-5-10-26-41(33)56)38-21-12-28-43(55-39-24-8-6-19-34(39)36-22-13-29-50-47(36)55)44(38)57-42-27-11-7-20-35(42)37-23-14-30-51-48(37)57/h1-30H/i1D,2D,3D,4D,5D,6D,7D,8D,9D,10D,11D,12D,13D,14D,15D,16D,17D,18D,19D,20D,21D,22D,23D,24D,25D,26D,27D,28D,29D,30D. The minimum Gasteiger partial charge on any atom is -0.292 e. The van der Waals surface area contributed by atoms with Crippen LogP contribution in [0.25, 0.3) is 106 Å². The van der Waals surface area contributed by atoms with Crippen LogP contribution in [0.15, 0.2) is 182 Å². The van der Waals surface area contributed by atoms with Crippen molar-refractivity contribution in [3.63, 3.8) is 0 Å². The highest BCUT2D eigenvalue weighted by atomic mass is 15.2. The summed E-state index contributed by atoms with van der Waals surface area (Å²) >= 11 is 0. The maximum Gasteiger partial charge on any atom is 0.238 e. The molecule has 0 amide bonds. The summed E-state index contributed by atoms with van der Waals surface area (Å²) in [6.07, 6.45) is -1.96.